The topological polar surface area (TPSA) is 73.1 Å². The minimum atomic E-state index is 0.188. The molecular formula is C10H18N4O. The van der Waals surface area contributed by atoms with E-state index in [0.717, 1.165) is 13.0 Å². The molecule has 0 radical (unpaired) electrons. The van der Waals surface area contributed by atoms with E-state index in [1.54, 1.807) is 12.3 Å². The van der Waals surface area contributed by atoms with Crippen LogP contribution in [0, 0.1) is 0 Å². The lowest BCUT2D eigenvalue weighted by Gasteiger charge is -2.07. The van der Waals surface area contributed by atoms with E-state index in [2.05, 4.69) is 15.3 Å². The summed E-state index contributed by atoms with van der Waals surface area (Å²) in [5.41, 5.74) is 5.63. The number of nitrogens with one attached hydrogen (secondary N) is 1. The molecule has 1 aromatic heterocycles. The Balaban J connectivity index is 2.43. The van der Waals surface area contributed by atoms with Crippen molar-refractivity contribution in [3.8, 4) is 5.88 Å². The fourth-order valence-corrected chi connectivity index (χ4v) is 1.07. The first kappa shape index (κ1) is 11.7. The molecule has 0 spiro atoms. The molecule has 0 aliphatic heterocycles. The van der Waals surface area contributed by atoms with Crippen molar-refractivity contribution in [3.05, 3.63) is 12.3 Å². The summed E-state index contributed by atoms with van der Waals surface area (Å²) in [7, 11) is 0. The fourth-order valence-electron chi connectivity index (χ4n) is 1.07. The van der Waals surface area contributed by atoms with E-state index >= 15 is 0 Å². The standard InChI is InChI=1S/C10H18N4O/c1-3-15-9-5-7-13-10(14-9)12-6-4-8(2)11/h5,7-8H,3-4,6,11H2,1-2H3,(H,12,13,14). The van der Waals surface area contributed by atoms with Crippen LogP contribution in [0.4, 0.5) is 5.95 Å². The van der Waals surface area contributed by atoms with Gasteiger partial charge in [-0.3, -0.25) is 0 Å². The van der Waals surface area contributed by atoms with Gasteiger partial charge in [-0.05, 0) is 20.3 Å². The highest BCUT2D eigenvalue weighted by molar-refractivity contribution is 5.27. The van der Waals surface area contributed by atoms with Crippen LogP contribution in [0.1, 0.15) is 20.3 Å². The molecule has 0 aliphatic carbocycles. The van der Waals surface area contributed by atoms with Gasteiger partial charge in [-0.15, -0.1) is 0 Å². The molecule has 1 heterocycles. The zero-order valence-electron chi connectivity index (χ0n) is 9.23. The van der Waals surface area contributed by atoms with E-state index in [4.69, 9.17) is 10.5 Å². The second-order valence-electron chi connectivity index (χ2n) is 3.34. The molecule has 84 valence electrons. The number of hydrogen-bond acceptors (Lipinski definition) is 5. The molecule has 0 saturated heterocycles. The van der Waals surface area contributed by atoms with E-state index in [1.165, 1.54) is 0 Å². The number of anilines is 1. The summed E-state index contributed by atoms with van der Waals surface area (Å²) in [6.07, 6.45) is 2.56. The minimum absolute atomic E-state index is 0.188. The third-order valence-corrected chi connectivity index (χ3v) is 1.81. The van der Waals surface area contributed by atoms with Crippen LogP contribution in [0.3, 0.4) is 0 Å². The predicted molar refractivity (Wildman–Crippen MR) is 60.0 cm³/mol. The largest absolute Gasteiger partial charge is 0.478 e. The van der Waals surface area contributed by atoms with Crippen LogP contribution in [-0.2, 0) is 0 Å². The fraction of sp³-hybridized carbons (Fsp3) is 0.600. The van der Waals surface area contributed by atoms with Crippen molar-refractivity contribution < 1.29 is 4.74 Å². The Bertz CT molecular complexity index is 291. The van der Waals surface area contributed by atoms with Gasteiger partial charge in [0, 0.05) is 24.8 Å². The predicted octanol–water partition coefficient (Wildman–Crippen LogP) is 1.02. The Morgan fingerprint density at radius 1 is 1.60 bits per heavy atom. The summed E-state index contributed by atoms with van der Waals surface area (Å²) < 4.78 is 5.26. The van der Waals surface area contributed by atoms with E-state index in [-0.39, 0.29) is 6.04 Å². The van der Waals surface area contributed by atoms with Crippen molar-refractivity contribution in [2.75, 3.05) is 18.5 Å². The smallest absolute Gasteiger partial charge is 0.225 e. The average Bonchev–Trinajstić information content (AvgIpc) is 2.18. The van der Waals surface area contributed by atoms with E-state index in [1.807, 2.05) is 13.8 Å². The Morgan fingerprint density at radius 3 is 3.07 bits per heavy atom. The van der Waals surface area contributed by atoms with E-state index in [9.17, 15) is 0 Å². The number of ether oxygens (including phenoxy) is 1. The quantitative estimate of drug-likeness (QED) is 0.733. The Morgan fingerprint density at radius 2 is 2.40 bits per heavy atom. The Hall–Kier alpha value is -1.36. The van der Waals surface area contributed by atoms with Gasteiger partial charge in [0.1, 0.15) is 0 Å². The summed E-state index contributed by atoms with van der Waals surface area (Å²) in [6, 6.07) is 1.92. The van der Waals surface area contributed by atoms with Gasteiger partial charge in [0.05, 0.1) is 6.61 Å². The lowest BCUT2D eigenvalue weighted by Crippen LogP contribution is -2.19. The maximum Gasteiger partial charge on any atom is 0.225 e. The van der Waals surface area contributed by atoms with Crippen molar-refractivity contribution in [2.24, 2.45) is 5.73 Å². The molecule has 0 fully saturated rings. The number of aromatic nitrogens is 2. The summed E-state index contributed by atoms with van der Waals surface area (Å²) in [4.78, 5) is 8.25. The number of rotatable bonds is 6. The molecule has 0 saturated carbocycles. The molecule has 3 N–H and O–H groups in total. The molecule has 0 aromatic carbocycles. The lowest BCUT2D eigenvalue weighted by atomic mass is 10.2. The van der Waals surface area contributed by atoms with Crippen LogP contribution in [0.15, 0.2) is 12.3 Å². The van der Waals surface area contributed by atoms with Crippen LogP contribution in [0.2, 0.25) is 0 Å². The van der Waals surface area contributed by atoms with Gasteiger partial charge in [-0.25, -0.2) is 4.98 Å². The normalized spacial score (nSPS) is 12.2. The van der Waals surface area contributed by atoms with Gasteiger partial charge < -0.3 is 15.8 Å². The lowest BCUT2D eigenvalue weighted by molar-refractivity contribution is 0.326. The summed E-state index contributed by atoms with van der Waals surface area (Å²) in [5.74, 6) is 1.18. The minimum Gasteiger partial charge on any atom is -0.478 e. The molecule has 1 aromatic rings. The molecule has 0 bridgehead atoms. The first-order chi connectivity index (χ1) is 7.22. The van der Waals surface area contributed by atoms with Crippen LogP contribution < -0.4 is 15.8 Å². The second kappa shape index (κ2) is 6.19. The Kier molecular flexibility index (Phi) is 4.83. The third-order valence-electron chi connectivity index (χ3n) is 1.81. The second-order valence-corrected chi connectivity index (χ2v) is 3.34. The molecule has 1 atom stereocenters. The molecular weight excluding hydrogens is 192 g/mol. The molecule has 1 rings (SSSR count). The molecule has 15 heavy (non-hydrogen) atoms. The number of nitrogens with two attached hydrogens (primary N) is 1. The third kappa shape index (κ3) is 4.60. The highest BCUT2D eigenvalue weighted by Gasteiger charge is 1.99. The molecule has 0 aliphatic rings. The van der Waals surface area contributed by atoms with Crippen LogP contribution in [0.25, 0.3) is 0 Å². The summed E-state index contributed by atoms with van der Waals surface area (Å²) >= 11 is 0. The molecule has 0 amide bonds. The average molecular weight is 210 g/mol. The van der Waals surface area contributed by atoms with E-state index in [0.29, 0.717) is 18.4 Å². The number of nitrogens with zero attached hydrogens (tertiary/aromatic N) is 2. The monoisotopic (exact) mass is 210 g/mol. The number of hydrogen-bond donors (Lipinski definition) is 2. The molecule has 5 heteroatoms. The summed E-state index contributed by atoms with van der Waals surface area (Å²) in [5, 5.41) is 3.09. The van der Waals surface area contributed by atoms with Crippen molar-refractivity contribution in [1.82, 2.24) is 9.97 Å². The maximum absolute atomic E-state index is 5.63. The van der Waals surface area contributed by atoms with Crippen LogP contribution in [0.5, 0.6) is 5.88 Å². The molecule has 1 unspecified atom stereocenters. The SMILES string of the molecule is CCOc1ccnc(NCCC(C)N)n1. The van der Waals surface area contributed by atoms with Gasteiger partial charge in [-0.1, -0.05) is 0 Å². The van der Waals surface area contributed by atoms with Crippen molar-refractivity contribution in [3.63, 3.8) is 0 Å². The van der Waals surface area contributed by atoms with Crippen LogP contribution in [-0.4, -0.2) is 29.2 Å². The van der Waals surface area contributed by atoms with Gasteiger partial charge in [-0.2, -0.15) is 4.98 Å². The highest BCUT2D eigenvalue weighted by atomic mass is 16.5. The van der Waals surface area contributed by atoms with Crippen molar-refractivity contribution in [1.29, 1.82) is 0 Å². The van der Waals surface area contributed by atoms with Crippen molar-refractivity contribution >= 4 is 5.95 Å². The zero-order chi connectivity index (χ0) is 11.1. The van der Waals surface area contributed by atoms with E-state index < -0.39 is 0 Å². The van der Waals surface area contributed by atoms with Gasteiger partial charge >= 0.3 is 0 Å². The van der Waals surface area contributed by atoms with Gasteiger partial charge in [0.15, 0.2) is 0 Å². The molecule has 5 nitrogen and oxygen atoms in total. The zero-order valence-corrected chi connectivity index (χ0v) is 9.23. The van der Waals surface area contributed by atoms with Gasteiger partial charge in [0.25, 0.3) is 0 Å². The van der Waals surface area contributed by atoms with Crippen molar-refractivity contribution in [2.45, 2.75) is 26.3 Å². The first-order valence-corrected chi connectivity index (χ1v) is 5.17. The van der Waals surface area contributed by atoms with Gasteiger partial charge in [0.2, 0.25) is 11.8 Å². The first-order valence-electron chi connectivity index (χ1n) is 5.17. The Labute approximate surface area is 90.1 Å². The summed E-state index contributed by atoms with van der Waals surface area (Å²) in [6.45, 7) is 5.27. The van der Waals surface area contributed by atoms with Crippen LogP contribution >= 0.6 is 0 Å². The highest BCUT2D eigenvalue weighted by Crippen LogP contribution is 2.07. The maximum atomic E-state index is 5.63.